The zero-order valence-electron chi connectivity index (χ0n) is 26.9. The number of hydrogen-bond donors (Lipinski definition) is 1. The molecule has 0 unspecified atom stereocenters. The van der Waals surface area contributed by atoms with Crippen molar-refractivity contribution in [1.82, 2.24) is 29.5 Å². The first-order valence-electron chi connectivity index (χ1n) is 16.4. The Balaban J connectivity index is 1.34. The standard InChI is InChI=1S/C35H45N7O2/c1-6-40-15-17-41(18-16-40)13-7-8-14-42-30-12-9-24(23(4)38-44-22(2)3)19-26(30)32-27-20-36-35(43)33(27)31-25(34(32)42)10-11-29-28(31)21-39(5)37-29/h9,12,19,21-22H,6-8,10-11,13-18,20H2,1-5H3,(H,36,43)/b38-23+. The number of carbonyl (C=O) groups excluding carboxylic acids is 1. The Morgan fingerprint density at radius 2 is 1.82 bits per heavy atom. The molecular formula is C35H45N7O2. The first-order valence-corrected chi connectivity index (χ1v) is 16.4. The number of nitrogens with one attached hydrogen (secondary N) is 1. The lowest BCUT2D eigenvalue weighted by atomic mass is 9.82. The Bertz CT molecular complexity index is 1770. The van der Waals surface area contributed by atoms with Crippen LogP contribution in [-0.4, -0.2) is 81.1 Å². The normalized spacial score (nSPS) is 17.4. The fourth-order valence-electron chi connectivity index (χ4n) is 7.54. The molecule has 2 aromatic carbocycles. The summed E-state index contributed by atoms with van der Waals surface area (Å²) >= 11 is 0. The third kappa shape index (κ3) is 5.00. The van der Waals surface area contributed by atoms with Gasteiger partial charge in [0.15, 0.2) is 0 Å². The van der Waals surface area contributed by atoms with Gasteiger partial charge in [0.1, 0.15) is 6.10 Å². The van der Waals surface area contributed by atoms with Crippen LogP contribution in [0.1, 0.15) is 73.3 Å². The highest BCUT2D eigenvalue weighted by atomic mass is 16.6. The molecule has 2 aliphatic heterocycles. The molecule has 1 fully saturated rings. The molecule has 1 amide bonds. The number of piperazine rings is 1. The smallest absolute Gasteiger partial charge is 0.252 e. The quantitative estimate of drug-likeness (QED) is 0.165. The number of hydrogen-bond acceptors (Lipinski definition) is 6. The van der Waals surface area contributed by atoms with Crippen molar-refractivity contribution in [3.05, 3.63) is 52.3 Å². The van der Waals surface area contributed by atoms with E-state index in [4.69, 9.17) is 9.94 Å². The zero-order valence-corrected chi connectivity index (χ0v) is 26.9. The Labute approximate surface area is 259 Å². The van der Waals surface area contributed by atoms with Crippen molar-refractivity contribution in [3.63, 3.8) is 0 Å². The van der Waals surface area contributed by atoms with Crippen LogP contribution in [0.25, 0.3) is 32.9 Å². The van der Waals surface area contributed by atoms with Crippen molar-refractivity contribution in [3.8, 4) is 11.1 Å². The maximum absolute atomic E-state index is 13.5. The zero-order chi connectivity index (χ0) is 30.5. The first kappa shape index (κ1) is 29.0. The van der Waals surface area contributed by atoms with Crippen molar-refractivity contribution in [2.75, 3.05) is 39.3 Å². The lowest BCUT2D eigenvalue weighted by Gasteiger charge is -2.34. The molecule has 0 atom stereocenters. The van der Waals surface area contributed by atoms with Crippen LogP contribution in [0.4, 0.5) is 0 Å². The van der Waals surface area contributed by atoms with Gasteiger partial charge in [0, 0.05) is 79.9 Å². The molecule has 2 aromatic heterocycles. The largest absolute Gasteiger partial charge is 0.393 e. The molecule has 9 nitrogen and oxygen atoms in total. The van der Waals surface area contributed by atoms with E-state index in [2.05, 4.69) is 56.2 Å². The van der Waals surface area contributed by atoms with Gasteiger partial charge in [-0.15, -0.1) is 0 Å². The second kappa shape index (κ2) is 11.7. The molecule has 1 saturated heterocycles. The van der Waals surface area contributed by atoms with E-state index in [-0.39, 0.29) is 12.0 Å². The van der Waals surface area contributed by atoms with Crippen LogP contribution < -0.4 is 5.32 Å². The number of nitrogens with zero attached hydrogens (tertiary/aromatic N) is 6. The SMILES string of the molecule is CCN1CCN(CCCCn2c3ccc(/C(C)=N/OC(C)C)cc3c3c4c(c5c(c32)CCc2nn(C)cc2-5)C(=O)NC4)CC1. The molecule has 7 rings (SSSR count). The van der Waals surface area contributed by atoms with E-state index in [1.807, 2.05) is 32.5 Å². The fraction of sp³-hybridized carbons (Fsp3) is 0.514. The van der Waals surface area contributed by atoms with E-state index in [1.165, 1.54) is 60.0 Å². The van der Waals surface area contributed by atoms with Crippen molar-refractivity contribution >= 4 is 33.4 Å². The third-order valence-electron chi connectivity index (χ3n) is 9.78. The average Bonchev–Trinajstić information content (AvgIpc) is 3.70. The van der Waals surface area contributed by atoms with Crippen LogP contribution in [0.5, 0.6) is 0 Å². The molecule has 44 heavy (non-hydrogen) atoms. The van der Waals surface area contributed by atoms with E-state index in [9.17, 15) is 4.79 Å². The minimum absolute atomic E-state index is 0.0235. The summed E-state index contributed by atoms with van der Waals surface area (Å²) in [7, 11) is 1.98. The van der Waals surface area contributed by atoms with E-state index >= 15 is 0 Å². The summed E-state index contributed by atoms with van der Waals surface area (Å²) in [6, 6.07) is 6.69. The molecule has 0 radical (unpaired) electrons. The van der Waals surface area contributed by atoms with Gasteiger partial charge in [0.25, 0.3) is 5.91 Å². The Morgan fingerprint density at radius 1 is 1.05 bits per heavy atom. The highest BCUT2D eigenvalue weighted by molar-refractivity contribution is 6.20. The molecule has 0 bridgehead atoms. The van der Waals surface area contributed by atoms with Crippen LogP contribution in [0.3, 0.4) is 0 Å². The predicted octanol–water partition coefficient (Wildman–Crippen LogP) is 5.10. The first-order chi connectivity index (χ1) is 21.3. The van der Waals surface area contributed by atoms with Crippen LogP contribution in [0, 0.1) is 0 Å². The van der Waals surface area contributed by atoms with Crippen molar-refractivity contribution in [2.24, 2.45) is 12.2 Å². The average molecular weight is 596 g/mol. The monoisotopic (exact) mass is 595 g/mol. The van der Waals surface area contributed by atoms with Gasteiger partial charge in [0.2, 0.25) is 0 Å². The summed E-state index contributed by atoms with van der Waals surface area (Å²) in [4.78, 5) is 24.2. The van der Waals surface area contributed by atoms with Gasteiger partial charge in [-0.1, -0.05) is 18.1 Å². The number of carbonyl (C=O) groups is 1. The Morgan fingerprint density at radius 3 is 2.59 bits per heavy atom. The highest BCUT2D eigenvalue weighted by Crippen LogP contribution is 2.47. The van der Waals surface area contributed by atoms with Crippen LogP contribution in [0.2, 0.25) is 0 Å². The van der Waals surface area contributed by atoms with Gasteiger partial charge in [-0.05, 0) is 88.4 Å². The lowest BCUT2D eigenvalue weighted by molar-refractivity contribution is 0.0860. The third-order valence-corrected chi connectivity index (χ3v) is 9.78. The minimum Gasteiger partial charge on any atom is -0.393 e. The molecule has 3 aliphatic rings. The summed E-state index contributed by atoms with van der Waals surface area (Å²) in [6.45, 7) is 16.7. The van der Waals surface area contributed by atoms with Crippen molar-refractivity contribution in [2.45, 2.75) is 72.6 Å². The molecule has 4 heterocycles. The van der Waals surface area contributed by atoms with Gasteiger partial charge >= 0.3 is 0 Å². The van der Waals surface area contributed by atoms with Gasteiger partial charge in [0.05, 0.1) is 22.5 Å². The van der Waals surface area contributed by atoms with E-state index < -0.39 is 0 Å². The summed E-state index contributed by atoms with van der Waals surface area (Å²) in [5, 5.41) is 14.8. The highest BCUT2D eigenvalue weighted by Gasteiger charge is 2.35. The molecule has 1 N–H and O–H groups in total. The number of unbranched alkanes of at least 4 members (excludes halogenated alkanes) is 1. The van der Waals surface area contributed by atoms with Crippen LogP contribution in [-0.2, 0) is 37.8 Å². The summed E-state index contributed by atoms with van der Waals surface area (Å²) in [6.07, 6.45) is 6.16. The number of rotatable bonds is 9. The van der Waals surface area contributed by atoms with Gasteiger partial charge in [-0.3, -0.25) is 9.48 Å². The number of amides is 1. The topological polar surface area (TPSA) is 79.9 Å². The van der Waals surface area contributed by atoms with E-state index in [0.29, 0.717) is 6.54 Å². The molecule has 9 heteroatoms. The minimum atomic E-state index is 0.0235. The predicted molar refractivity (Wildman–Crippen MR) is 176 cm³/mol. The number of aryl methyl sites for hydroxylation is 4. The number of benzene rings is 2. The van der Waals surface area contributed by atoms with Crippen molar-refractivity contribution in [1.29, 1.82) is 0 Å². The summed E-state index contributed by atoms with van der Waals surface area (Å²) < 4.78 is 4.45. The second-order valence-electron chi connectivity index (χ2n) is 13.0. The van der Waals surface area contributed by atoms with Gasteiger partial charge in [-0.25, -0.2) is 0 Å². The molecular weight excluding hydrogens is 550 g/mol. The fourth-order valence-corrected chi connectivity index (χ4v) is 7.54. The van der Waals surface area contributed by atoms with Crippen LogP contribution in [0.15, 0.2) is 29.6 Å². The Hall–Kier alpha value is -3.69. The van der Waals surface area contributed by atoms with E-state index in [0.717, 1.165) is 78.1 Å². The number of likely N-dealkylation sites (N-methyl/N-ethyl adjacent to an activating group) is 1. The maximum atomic E-state index is 13.5. The Kier molecular flexibility index (Phi) is 7.70. The van der Waals surface area contributed by atoms with Crippen molar-refractivity contribution < 1.29 is 9.63 Å². The number of aromatic nitrogens is 3. The lowest BCUT2D eigenvalue weighted by Crippen LogP contribution is -2.46. The number of fused-ring (bicyclic) bond motifs is 10. The summed E-state index contributed by atoms with van der Waals surface area (Å²) in [5.74, 6) is 0.0261. The van der Waals surface area contributed by atoms with E-state index in [1.54, 1.807) is 0 Å². The van der Waals surface area contributed by atoms with Gasteiger partial charge in [-0.2, -0.15) is 5.10 Å². The van der Waals surface area contributed by atoms with Gasteiger partial charge < -0.3 is 24.5 Å². The molecule has 0 saturated carbocycles. The molecule has 232 valence electrons. The number of oxime groups is 1. The molecule has 1 aliphatic carbocycles. The second-order valence-corrected chi connectivity index (χ2v) is 13.0. The maximum Gasteiger partial charge on any atom is 0.252 e. The summed E-state index contributed by atoms with van der Waals surface area (Å²) in [5.41, 5.74) is 11.0. The van der Waals surface area contributed by atoms with Crippen LogP contribution >= 0.6 is 0 Å². The molecule has 4 aromatic rings. The molecule has 0 spiro atoms.